The highest BCUT2D eigenvalue weighted by Crippen LogP contribution is 2.41. The van der Waals surface area contributed by atoms with E-state index in [1.54, 1.807) is 36.5 Å². The number of H-pyrrole nitrogens is 1. The van der Waals surface area contributed by atoms with Gasteiger partial charge in [0.05, 0.1) is 5.69 Å². The minimum Gasteiger partial charge on any atom is -0.505 e. The molecular weight excluding hydrogens is 588 g/mol. The number of ether oxygens (including phenoxy) is 1. The van der Waals surface area contributed by atoms with Gasteiger partial charge in [0.15, 0.2) is 5.75 Å². The standard InChI is InChI=1S/C29H32N8O8/c38-16-33-20-2-1-9-36(12-20)11-17-7-8-30-21(10-17)27(40)34-19-5-3-18(4-6-19)23-24(39)22-25(35-23)31-15-32-26(22)37-13-28(41,42)45-29(43,44)14-37/h3-8,10,15-16,20,39,41-44H,1-2,9,11-14H2,(H,33,38)(H,34,40)(H,31,32,35). The van der Waals surface area contributed by atoms with Gasteiger partial charge in [-0.15, -0.1) is 0 Å². The maximum atomic E-state index is 13.0. The Labute approximate surface area is 255 Å². The summed E-state index contributed by atoms with van der Waals surface area (Å²) in [5.41, 5.74) is 2.70. The number of carbonyl (C=O) groups is 2. The van der Waals surface area contributed by atoms with Gasteiger partial charge >= 0.3 is 11.9 Å². The molecule has 2 aliphatic rings. The number of nitrogens with one attached hydrogen (secondary N) is 3. The SMILES string of the molecule is O=CNC1CCCN(Cc2ccnc(C(=O)Nc3ccc(-c4[nH]c5ncnc(N6CC(O)(O)OC(O)(O)C6)c5c4O)cc3)c2)C1. The number of amides is 2. The van der Waals surface area contributed by atoms with Gasteiger partial charge in [-0.3, -0.25) is 24.2 Å². The van der Waals surface area contributed by atoms with Gasteiger partial charge in [-0.1, -0.05) is 12.1 Å². The summed E-state index contributed by atoms with van der Waals surface area (Å²) in [5.74, 6) is -6.42. The number of aromatic hydroxyl groups is 1. The van der Waals surface area contributed by atoms with E-state index in [-0.39, 0.29) is 40.0 Å². The first kappa shape index (κ1) is 30.3. The molecule has 16 nitrogen and oxygen atoms in total. The van der Waals surface area contributed by atoms with Crippen LogP contribution in [0.3, 0.4) is 0 Å². The first-order chi connectivity index (χ1) is 21.5. The molecular formula is C29H32N8O8. The molecule has 45 heavy (non-hydrogen) atoms. The van der Waals surface area contributed by atoms with E-state index in [9.17, 15) is 35.1 Å². The number of aliphatic hydroxyl groups is 4. The summed E-state index contributed by atoms with van der Waals surface area (Å²) in [6, 6.07) is 10.4. The molecule has 3 aromatic heterocycles. The lowest BCUT2D eigenvalue weighted by atomic mass is 10.1. The topological polar surface area (TPSA) is 230 Å². The first-order valence-electron chi connectivity index (χ1n) is 14.2. The fourth-order valence-electron chi connectivity index (χ4n) is 5.77. The number of morpholine rings is 1. The molecule has 1 atom stereocenters. The molecule has 0 radical (unpaired) electrons. The number of hydrogen-bond acceptors (Lipinski definition) is 13. The third-order valence-electron chi connectivity index (χ3n) is 7.67. The summed E-state index contributed by atoms with van der Waals surface area (Å²) in [7, 11) is 0. The predicted molar refractivity (Wildman–Crippen MR) is 158 cm³/mol. The van der Waals surface area contributed by atoms with Gasteiger partial charge in [0.2, 0.25) is 6.41 Å². The van der Waals surface area contributed by atoms with E-state index in [1.807, 2.05) is 6.07 Å². The van der Waals surface area contributed by atoms with Gasteiger partial charge in [0, 0.05) is 36.6 Å². The van der Waals surface area contributed by atoms with Crippen molar-refractivity contribution in [3.8, 4) is 17.0 Å². The Morgan fingerprint density at radius 3 is 2.58 bits per heavy atom. The molecule has 8 N–H and O–H groups in total. The number of anilines is 2. The lowest BCUT2D eigenvalue weighted by Crippen LogP contribution is -2.62. The Morgan fingerprint density at radius 2 is 1.84 bits per heavy atom. The quantitative estimate of drug-likeness (QED) is 0.0944. The molecule has 0 aliphatic carbocycles. The molecule has 1 aromatic carbocycles. The first-order valence-corrected chi connectivity index (χ1v) is 14.2. The number of rotatable bonds is 8. The molecule has 6 rings (SSSR count). The lowest BCUT2D eigenvalue weighted by Gasteiger charge is -2.42. The van der Waals surface area contributed by atoms with Gasteiger partial charge in [0.25, 0.3) is 5.91 Å². The number of carbonyl (C=O) groups excluding carboxylic acids is 2. The van der Waals surface area contributed by atoms with Crippen molar-refractivity contribution in [2.24, 2.45) is 0 Å². The number of aromatic nitrogens is 4. The highest BCUT2D eigenvalue weighted by atomic mass is 16.9. The summed E-state index contributed by atoms with van der Waals surface area (Å²) in [5, 5.41) is 56.7. The van der Waals surface area contributed by atoms with Crippen LogP contribution in [0.4, 0.5) is 11.5 Å². The van der Waals surface area contributed by atoms with Crippen molar-refractivity contribution in [3.05, 3.63) is 60.2 Å². The summed E-state index contributed by atoms with van der Waals surface area (Å²) >= 11 is 0. The summed E-state index contributed by atoms with van der Waals surface area (Å²) in [4.78, 5) is 42.7. The van der Waals surface area contributed by atoms with Crippen molar-refractivity contribution in [3.63, 3.8) is 0 Å². The molecule has 2 amide bonds. The van der Waals surface area contributed by atoms with Crippen molar-refractivity contribution in [2.45, 2.75) is 37.4 Å². The molecule has 2 saturated heterocycles. The maximum absolute atomic E-state index is 13.0. The number of nitrogens with zero attached hydrogens (tertiary/aromatic N) is 5. The Hall–Kier alpha value is -4.71. The monoisotopic (exact) mass is 620 g/mol. The van der Waals surface area contributed by atoms with Crippen LogP contribution in [0.1, 0.15) is 28.9 Å². The van der Waals surface area contributed by atoms with Crippen LogP contribution in [0, 0.1) is 0 Å². The van der Waals surface area contributed by atoms with Crippen LogP contribution in [0.15, 0.2) is 48.9 Å². The average molecular weight is 621 g/mol. The second-order valence-electron chi connectivity index (χ2n) is 11.2. The molecule has 1 unspecified atom stereocenters. The largest absolute Gasteiger partial charge is 0.505 e. The lowest BCUT2D eigenvalue weighted by molar-refractivity contribution is -0.474. The number of β-amino-alcohol motifs (C(OH)–C–C–N with tert-alkyl or cyclic N) is 4. The van der Waals surface area contributed by atoms with Crippen LogP contribution in [0.5, 0.6) is 5.75 Å². The van der Waals surface area contributed by atoms with Gasteiger partial charge in [-0.2, -0.15) is 0 Å². The number of benzene rings is 1. The molecule has 4 aromatic rings. The number of pyridine rings is 1. The van der Waals surface area contributed by atoms with Crippen LogP contribution in [-0.4, -0.2) is 107 Å². The Balaban J connectivity index is 1.16. The Kier molecular flexibility index (Phi) is 8.08. The Morgan fingerprint density at radius 1 is 1.09 bits per heavy atom. The molecule has 2 aliphatic heterocycles. The van der Waals surface area contributed by atoms with Crippen molar-refractivity contribution in [1.29, 1.82) is 0 Å². The van der Waals surface area contributed by atoms with Crippen LogP contribution < -0.4 is 15.5 Å². The predicted octanol–water partition coefficient (Wildman–Crippen LogP) is -0.198. The fourth-order valence-corrected chi connectivity index (χ4v) is 5.77. The number of aromatic amines is 1. The van der Waals surface area contributed by atoms with Gasteiger partial charge < -0.3 is 46.1 Å². The van der Waals surface area contributed by atoms with Crippen molar-refractivity contribution < 1.29 is 39.9 Å². The zero-order chi connectivity index (χ0) is 31.8. The molecule has 0 bridgehead atoms. The second-order valence-corrected chi connectivity index (χ2v) is 11.2. The van der Waals surface area contributed by atoms with E-state index in [0.717, 1.165) is 42.8 Å². The minimum atomic E-state index is -2.89. The molecule has 2 fully saturated rings. The summed E-state index contributed by atoms with van der Waals surface area (Å²) in [6.45, 7) is 1.08. The smallest absolute Gasteiger partial charge is 0.300 e. The van der Waals surface area contributed by atoms with Gasteiger partial charge in [-0.05, 0) is 49.2 Å². The van der Waals surface area contributed by atoms with E-state index in [1.165, 1.54) is 6.33 Å². The van der Waals surface area contributed by atoms with E-state index in [2.05, 4.69) is 40.2 Å². The zero-order valence-corrected chi connectivity index (χ0v) is 23.9. The van der Waals surface area contributed by atoms with E-state index < -0.39 is 30.9 Å². The van der Waals surface area contributed by atoms with E-state index in [0.29, 0.717) is 17.8 Å². The molecule has 236 valence electrons. The Bertz CT molecular complexity index is 1690. The third-order valence-corrected chi connectivity index (χ3v) is 7.67. The van der Waals surface area contributed by atoms with Crippen LogP contribution >= 0.6 is 0 Å². The fraction of sp³-hybridized carbons (Fsp3) is 0.345. The van der Waals surface area contributed by atoms with Crippen LogP contribution in [-0.2, 0) is 16.1 Å². The van der Waals surface area contributed by atoms with E-state index in [4.69, 9.17) is 0 Å². The van der Waals surface area contributed by atoms with Crippen molar-refractivity contribution in [2.75, 3.05) is 36.4 Å². The number of fused-ring (bicyclic) bond motifs is 1. The molecule has 0 spiro atoms. The van der Waals surface area contributed by atoms with Gasteiger partial charge in [-0.25, -0.2) is 9.97 Å². The van der Waals surface area contributed by atoms with Crippen LogP contribution in [0.2, 0.25) is 0 Å². The highest BCUT2D eigenvalue weighted by Gasteiger charge is 2.46. The second kappa shape index (κ2) is 12.0. The molecule has 16 heteroatoms. The zero-order valence-electron chi connectivity index (χ0n) is 23.9. The summed E-state index contributed by atoms with van der Waals surface area (Å²) < 4.78 is 4.46. The molecule has 0 saturated carbocycles. The number of piperidine rings is 1. The van der Waals surface area contributed by atoms with E-state index >= 15 is 0 Å². The van der Waals surface area contributed by atoms with Gasteiger partial charge in [0.1, 0.15) is 42.0 Å². The van der Waals surface area contributed by atoms with Crippen LogP contribution in [0.25, 0.3) is 22.3 Å². The normalized spacial score (nSPS) is 19.7. The maximum Gasteiger partial charge on any atom is 0.300 e. The van der Waals surface area contributed by atoms with Crippen molar-refractivity contribution >= 4 is 34.9 Å². The minimum absolute atomic E-state index is 0.0135. The molecule has 5 heterocycles. The summed E-state index contributed by atoms with van der Waals surface area (Å²) in [6.07, 6.45) is 5.41. The average Bonchev–Trinajstić information content (AvgIpc) is 3.33. The number of likely N-dealkylation sites (tertiary alicyclic amines) is 1. The van der Waals surface area contributed by atoms with Crippen molar-refractivity contribution in [1.82, 2.24) is 30.2 Å². The highest BCUT2D eigenvalue weighted by molar-refractivity contribution is 6.03. The number of hydrogen-bond donors (Lipinski definition) is 8. The third kappa shape index (κ3) is 6.70.